The van der Waals surface area contributed by atoms with Gasteiger partial charge in [0, 0.05) is 18.0 Å². The van der Waals surface area contributed by atoms with Crippen molar-refractivity contribution in [2.45, 2.75) is 64.8 Å². The molecule has 0 amide bonds. The Morgan fingerprint density at radius 2 is 1.60 bits per heavy atom. The molecule has 0 heterocycles. The van der Waals surface area contributed by atoms with Crippen molar-refractivity contribution >= 4 is 0 Å². The van der Waals surface area contributed by atoms with Crippen LogP contribution >= 0.6 is 0 Å². The molecule has 0 aliphatic carbocycles. The molecule has 2 heteroatoms. The van der Waals surface area contributed by atoms with Crippen molar-refractivity contribution in [2.75, 3.05) is 13.7 Å². The number of benzene rings is 1. The average Bonchev–Trinajstić information content (AvgIpc) is 2.45. The van der Waals surface area contributed by atoms with Gasteiger partial charge in [-0.2, -0.15) is 0 Å². The van der Waals surface area contributed by atoms with Gasteiger partial charge in [-0.3, -0.25) is 0 Å². The monoisotopic (exact) mass is 277 g/mol. The van der Waals surface area contributed by atoms with E-state index >= 15 is 0 Å². The first kappa shape index (κ1) is 17.0. The van der Waals surface area contributed by atoms with Crippen LogP contribution < -0.4 is 10.1 Å². The predicted octanol–water partition coefficient (Wildman–Crippen LogP) is 4.53. The molecule has 1 aromatic carbocycles. The average molecular weight is 277 g/mol. The summed E-state index contributed by atoms with van der Waals surface area (Å²) in [6, 6.07) is 9.19. The third kappa shape index (κ3) is 4.52. The fourth-order valence-electron chi connectivity index (χ4n) is 2.99. The van der Waals surface area contributed by atoms with Crippen LogP contribution in [0.1, 0.15) is 58.9 Å². The van der Waals surface area contributed by atoms with Crippen molar-refractivity contribution in [2.24, 2.45) is 0 Å². The van der Waals surface area contributed by atoms with Crippen molar-refractivity contribution in [1.82, 2.24) is 5.32 Å². The van der Waals surface area contributed by atoms with Crippen LogP contribution in [0.2, 0.25) is 0 Å². The Morgan fingerprint density at radius 3 is 2.00 bits per heavy atom. The third-order valence-electron chi connectivity index (χ3n) is 4.01. The third-order valence-corrected chi connectivity index (χ3v) is 4.01. The zero-order chi connectivity index (χ0) is 15.0. The van der Waals surface area contributed by atoms with Gasteiger partial charge in [-0.1, -0.05) is 52.7 Å². The van der Waals surface area contributed by atoms with E-state index in [4.69, 9.17) is 4.74 Å². The summed E-state index contributed by atoms with van der Waals surface area (Å²) in [7, 11) is 1.72. The van der Waals surface area contributed by atoms with Crippen LogP contribution in [-0.2, 0) is 5.41 Å². The molecule has 0 aromatic heterocycles. The molecule has 0 unspecified atom stereocenters. The smallest absolute Gasteiger partial charge is 0.118 e. The molecule has 114 valence electrons. The number of ether oxygens (including phenoxy) is 1. The summed E-state index contributed by atoms with van der Waals surface area (Å²) in [5.41, 5.74) is 1.69. The Hall–Kier alpha value is -1.02. The van der Waals surface area contributed by atoms with E-state index in [1.54, 1.807) is 7.11 Å². The minimum Gasteiger partial charge on any atom is -0.497 e. The predicted molar refractivity (Wildman–Crippen MR) is 87.6 cm³/mol. The van der Waals surface area contributed by atoms with Gasteiger partial charge in [-0.15, -0.1) is 0 Å². The van der Waals surface area contributed by atoms with Crippen molar-refractivity contribution in [3.8, 4) is 5.75 Å². The fourth-order valence-corrected chi connectivity index (χ4v) is 2.99. The van der Waals surface area contributed by atoms with E-state index in [0.29, 0.717) is 6.04 Å². The zero-order valence-corrected chi connectivity index (χ0v) is 13.8. The fraction of sp³-hybridized carbons (Fsp3) is 0.667. The Kier molecular flexibility index (Phi) is 7.08. The maximum Gasteiger partial charge on any atom is 0.118 e. The van der Waals surface area contributed by atoms with Gasteiger partial charge in [-0.05, 0) is 30.5 Å². The van der Waals surface area contributed by atoms with Crippen molar-refractivity contribution < 1.29 is 4.74 Å². The van der Waals surface area contributed by atoms with Crippen LogP contribution in [0.25, 0.3) is 0 Å². The molecule has 20 heavy (non-hydrogen) atoms. The lowest BCUT2D eigenvalue weighted by atomic mass is 9.73. The summed E-state index contributed by atoms with van der Waals surface area (Å²) >= 11 is 0. The second-order valence-electron chi connectivity index (χ2n) is 6.04. The molecule has 1 N–H and O–H groups in total. The van der Waals surface area contributed by atoms with Crippen LogP contribution in [0.4, 0.5) is 0 Å². The van der Waals surface area contributed by atoms with Gasteiger partial charge in [0.25, 0.3) is 0 Å². The Morgan fingerprint density at radius 1 is 1.05 bits per heavy atom. The van der Waals surface area contributed by atoms with Gasteiger partial charge in [0.1, 0.15) is 5.75 Å². The molecule has 0 aliphatic heterocycles. The minimum atomic E-state index is 0.250. The van der Waals surface area contributed by atoms with Crippen LogP contribution in [0.15, 0.2) is 24.3 Å². The molecule has 0 saturated carbocycles. The number of nitrogens with one attached hydrogen (secondary N) is 1. The van der Waals surface area contributed by atoms with Gasteiger partial charge in [0.2, 0.25) is 0 Å². The maximum absolute atomic E-state index is 5.28. The molecule has 0 spiro atoms. The van der Waals surface area contributed by atoms with Crippen LogP contribution in [0.5, 0.6) is 5.75 Å². The minimum absolute atomic E-state index is 0.250. The Bertz CT molecular complexity index is 364. The highest BCUT2D eigenvalue weighted by molar-refractivity contribution is 5.33. The Labute approximate surface area is 124 Å². The number of hydrogen-bond donors (Lipinski definition) is 1. The van der Waals surface area contributed by atoms with Gasteiger partial charge in [0.15, 0.2) is 0 Å². The topological polar surface area (TPSA) is 21.3 Å². The van der Waals surface area contributed by atoms with E-state index in [9.17, 15) is 0 Å². The normalized spacial score (nSPS) is 11.9. The zero-order valence-electron chi connectivity index (χ0n) is 13.8. The van der Waals surface area contributed by atoms with E-state index in [0.717, 1.165) is 12.3 Å². The SMILES string of the molecule is CCCC(CCC)(CNC(C)C)c1ccc(OC)cc1. The van der Waals surface area contributed by atoms with Crippen LogP contribution in [0, 0.1) is 0 Å². The summed E-state index contributed by atoms with van der Waals surface area (Å²) in [6.45, 7) is 10.1. The molecular weight excluding hydrogens is 246 g/mol. The van der Waals surface area contributed by atoms with Crippen molar-refractivity contribution in [3.63, 3.8) is 0 Å². The highest BCUT2D eigenvalue weighted by Gasteiger charge is 2.30. The molecule has 0 bridgehead atoms. The Balaban J connectivity index is 3.03. The quantitative estimate of drug-likeness (QED) is 0.716. The first-order valence-electron chi connectivity index (χ1n) is 7.96. The number of hydrogen-bond acceptors (Lipinski definition) is 2. The van der Waals surface area contributed by atoms with Crippen molar-refractivity contribution in [1.29, 1.82) is 0 Å². The van der Waals surface area contributed by atoms with E-state index in [2.05, 4.69) is 57.3 Å². The lowest BCUT2D eigenvalue weighted by molar-refractivity contribution is 0.324. The number of rotatable bonds is 9. The van der Waals surface area contributed by atoms with Crippen LogP contribution in [0.3, 0.4) is 0 Å². The van der Waals surface area contributed by atoms with E-state index < -0.39 is 0 Å². The molecule has 0 atom stereocenters. The lowest BCUT2D eigenvalue weighted by Gasteiger charge is -2.35. The first-order valence-corrected chi connectivity index (χ1v) is 7.96. The lowest BCUT2D eigenvalue weighted by Crippen LogP contribution is -2.41. The van der Waals surface area contributed by atoms with Gasteiger partial charge >= 0.3 is 0 Å². The number of methoxy groups -OCH3 is 1. The van der Waals surface area contributed by atoms with E-state index in [1.165, 1.54) is 31.2 Å². The largest absolute Gasteiger partial charge is 0.497 e. The standard InChI is InChI=1S/C18H31NO/c1-6-12-18(13-7-2,14-19-15(3)4)16-8-10-17(20-5)11-9-16/h8-11,15,19H,6-7,12-14H2,1-5H3. The maximum atomic E-state index is 5.28. The molecule has 0 radical (unpaired) electrons. The molecule has 2 nitrogen and oxygen atoms in total. The summed E-state index contributed by atoms with van der Waals surface area (Å²) in [6.07, 6.45) is 4.89. The highest BCUT2D eigenvalue weighted by Crippen LogP contribution is 2.35. The molecule has 0 fully saturated rings. The second kappa shape index (κ2) is 8.31. The highest BCUT2D eigenvalue weighted by atomic mass is 16.5. The summed E-state index contributed by atoms with van der Waals surface area (Å²) in [4.78, 5) is 0. The second-order valence-corrected chi connectivity index (χ2v) is 6.04. The summed E-state index contributed by atoms with van der Waals surface area (Å²) in [5, 5.41) is 3.65. The van der Waals surface area contributed by atoms with E-state index in [-0.39, 0.29) is 5.41 Å². The molecule has 0 aliphatic rings. The van der Waals surface area contributed by atoms with Gasteiger partial charge in [-0.25, -0.2) is 0 Å². The van der Waals surface area contributed by atoms with Crippen LogP contribution in [-0.4, -0.2) is 19.7 Å². The summed E-state index contributed by atoms with van der Waals surface area (Å²) in [5.74, 6) is 0.937. The van der Waals surface area contributed by atoms with Crippen molar-refractivity contribution in [3.05, 3.63) is 29.8 Å². The first-order chi connectivity index (χ1) is 9.57. The molecule has 1 rings (SSSR count). The summed E-state index contributed by atoms with van der Waals surface area (Å²) < 4.78 is 5.28. The van der Waals surface area contributed by atoms with E-state index in [1.807, 2.05) is 0 Å². The molecule has 0 saturated heterocycles. The van der Waals surface area contributed by atoms with Gasteiger partial charge in [0.05, 0.1) is 7.11 Å². The molecular formula is C18H31NO. The van der Waals surface area contributed by atoms with Gasteiger partial charge < -0.3 is 10.1 Å². The molecule has 1 aromatic rings.